The maximum absolute atomic E-state index is 13.1. The van der Waals surface area contributed by atoms with Gasteiger partial charge in [0.25, 0.3) is 0 Å². The Kier molecular flexibility index (Phi) is 12.4. The number of hydrogen-bond acceptors (Lipinski definition) is 9. The molecular weight excluding hydrogens is 695 g/mol. The van der Waals surface area contributed by atoms with Crippen molar-refractivity contribution in [1.29, 1.82) is 0 Å². The Labute approximate surface area is 301 Å². The van der Waals surface area contributed by atoms with Crippen LogP contribution in [0, 0.1) is 20.8 Å². The monoisotopic (exact) mass is 729 g/mol. The van der Waals surface area contributed by atoms with Crippen molar-refractivity contribution in [2.75, 3.05) is 7.05 Å². The number of benzene rings is 5. The van der Waals surface area contributed by atoms with Crippen molar-refractivity contribution in [2.45, 2.75) is 41.2 Å². The normalized spacial score (nSPS) is 11.3. The van der Waals surface area contributed by atoms with Gasteiger partial charge in [-0.2, -0.15) is 8.42 Å². The lowest BCUT2D eigenvalue weighted by molar-refractivity contribution is 0.186. The van der Waals surface area contributed by atoms with Gasteiger partial charge in [0.1, 0.15) is 10.6 Å². The number of hydrogen-bond donors (Lipinski definition) is 0. The Balaban J connectivity index is 1.25. The summed E-state index contributed by atoms with van der Waals surface area (Å²) in [4.78, 5) is 15.0. The molecule has 1 amide bonds. The fraction of sp³-hybridized carbons (Fsp3) is 0.132. The van der Waals surface area contributed by atoms with Crippen LogP contribution >= 0.6 is 35.8 Å². The summed E-state index contributed by atoms with van der Waals surface area (Å²) in [6.07, 6.45) is 1.17. The molecule has 0 aliphatic rings. The Morgan fingerprint density at radius 2 is 1.33 bits per heavy atom. The minimum atomic E-state index is -4.19. The van der Waals surface area contributed by atoms with Crippen LogP contribution in [0.25, 0.3) is 6.08 Å². The Morgan fingerprint density at radius 1 is 0.735 bits per heavy atom. The van der Waals surface area contributed by atoms with Gasteiger partial charge in [-0.05, 0) is 116 Å². The summed E-state index contributed by atoms with van der Waals surface area (Å²) >= 11 is 4.10. The Hall–Kier alpha value is -4.29. The number of carbonyl (C=O) groups is 1. The number of carbonyl (C=O) groups excluding carboxylic acids is 1. The van der Waals surface area contributed by atoms with Crippen LogP contribution in [0.5, 0.6) is 17.2 Å². The molecule has 0 aliphatic carbocycles. The van der Waals surface area contributed by atoms with E-state index < -0.39 is 16.2 Å². The van der Waals surface area contributed by atoms with Gasteiger partial charge in [0, 0.05) is 22.6 Å². The summed E-state index contributed by atoms with van der Waals surface area (Å²) in [5.74, 6) is 1.37. The molecule has 0 N–H and O–H groups in total. The molecule has 252 valence electrons. The van der Waals surface area contributed by atoms with E-state index in [-0.39, 0.29) is 16.4 Å². The molecule has 0 aliphatic heterocycles. The summed E-state index contributed by atoms with van der Waals surface area (Å²) in [5.41, 5.74) is 5.04. The second-order valence-corrected chi connectivity index (χ2v) is 15.5. The highest BCUT2D eigenvalue weighted by Crippen LogP contribution is 2.34. The van der Waals surface area contributed by atoms with Gasteiger partial charge < -0.3 is 13.1 Å². The molecule has 5 rings (SSSR count). The van der Waals surface area contributed by atoms with Gasteiger partial charge in [-0.25, -0.2) is 9.10 Å². The van der Waals surface area contributed by atoms with E-state index >= 15 is 0 Å². The van der Waals surface area contributed by atoms with E-state index in [0.29, 0.717) is 5.56 Å². The van der Waals surface area contributed by atoms with E-state index in [0.717, 1.165) is 38.0 Å². The van der Waals surface area contributed by atoms with Crippen molar-refractivity contribution in [3.05, 3.63) is 148 Å². The second-order valence-electron chi connectivity index (χ2n) is 11.1. The average molecular weight is 730 g/mol. The molecule has 0 spiro atoms. The zero-order valence-electron chi connectivity index (χ0n) is 27.4. The van der Waals surface area contributed by atoms with E-state index in [2.05, 4.69) is 19.1 Å². The minimum Gasteiger partial charge on any atom is -0.421 e. The number of rotatable bonds is 13. The average Bonchev–Trinajstić information content (AvgIpc) is 3.09. The number of amides is 1. The van der Waals surface area contributed by atoms with Crippen LogP contribution < -0.4 is 13.1 Å². The van der Waals surface area contributed by atoms with Crippen molar-refractivity contribution < 1.29 is 26.3 Å². The molecule has 5 aromatic rings. The highest BCUT2D eigenvalue weighted by Gasteiger charge is 2.22. The van der Waals surface area contributed by atoms with Gasteiger partial charge in [0.2, 0.25) is 0 Å². The fourth-order valence-corrected chi connectivity index (χ4v) is 7.11. The van der Waals surface area contributed by atoms with Crippen LogP contribution in [0.15, 0.2) is 135 Å². The molecule has 49 heavy (non-hydrogen) atoms. The van der Waals surface area contributed by atoms with Crippen molar-refractivity contribution in [2.24, 2.45) is 0 Å². The smallest absolute Gasteiger partial charge is 0.421 e. The number of nitrogens with zero attached hydrogens (tertiary/aromatic N) is 1. The quantitative estimate of drug-likeness (QED) is 0.0668. The molecule has 0 saturated carbocycles. The van der Waals surface area contributed by atoms with Gasteiger partial charge >= 0.3 is 16.2 Å². The summed E-state index contributed by atoms with van der Waals surface area (Å²) in [6.45, 7) is 5.90. The zero-order chi connectivity index (χ0) is 34.8. The first-order chi connectivity index (χ1) is 23.5. The van der Waals surface area contributed by atoms with Crippen molar-refractivity contribution in [1.82, 2.24) is 4.31 Å². The molecule has 0 saturated heterocycles. The first-order valence-electron chi connectivity index (χ1n) is 15.2. The fourth-order valence-electron chi connectivity index (χ4n) is 4.20. The number of ether oxygens (including phenoxy) is 1. The van der Waals surface area contributed by atoms with E-state index in [1.807, 2.05) is 86.0 Å². The maximum Gasteiger partial charge on any atom is 0.425 e. The van der Waals surface area contributed by atoms with Crippen LogP contribution in [-0.4, -0.2) is 25.9 Å². The van der Waals surface area contributed by atoms with Crippen LogP contribution in [-0.2, 0) is 15.9 Å². The standard InChI is InChI=1S/C38H35NO6S4/c1-27-5-16-33(17-6-27)47-39(4)38(40)43-37-25-30(13-22-36(37)45-49(41,42)35-20-9-29(3)10-21-35)23-24-46-26-31-11-14-32(15-12-31)44-48-34-18-7-28(2)8-19-34/h5-25H,26H2,1-4H3/b24-23+. The summed E-state index contributed by atoms with van der Waals surface area (Å²) in [7, 11) is -2.61. The summed E-state index contributed by atoms with van der Waals surface area (Å²) < 4.78 is 44.6. The van der Waals surface area contributed by atoms with Crippen LogP contribution in [0.4, 0.5) is 4.79 Å². The minimum absolute atomic E-state index is 0.00703. The van der Waals surface area contributed by atoms with Gasteiger partial charge in [-0.15, -0.1) is 11.8 Å². The summed E-state index contributed by atoms with van der Waals surface area (Å²) in [5, 5.41) is 1.93. The van der Waals surface area contributed by atoms with E-state index in [4.69, 9.17) is 13.1 Å². The SMILES string of the molecule is Cc1ccc(SOc2ccc(CS/C=C/c3ccc(OS(=O)(=O)c4ccc(C)cc4)c(OC(=O)N(C)Sc4ccc(C)cc4)c3)cc2)cc1. The lowest BCUT2D eigenvalue weighted by Gasteiger charge is -2.17. The number of aryl methyl sites for hydroxylation is 3. The zero-order valence-corrected chi connectivity index (χ0v) is 30.6. The first-order valence-corrected chi connectivity index (χ1v) is 19.1. The maximum atomic E-state index is 13.1. The molecule has 0 aromatic heterocycles. The first kappa shape index (κ1) is 36.0. The third-order valence-corrected chi connectivity index (χ3v) is 10.7. The molecule has 0 bridgehead atoms. The summed E-state index contributed by atoms with van der Waals surface area (Å²) in [6, 6.07) is 34.9. The third kappa shape index (κ3) is 10.9. The van der Waals surface area contributed by atoms with E-state index in [9.17, 15) is 13.2 Å². The van der Waals surface area contributed by atoms with Crippen LogP contribution in [0.3, 0.4) is 0 Å². The van der Waals surface area contributed by atoms with Gasteiger partial charge in [0.05, 0.1) is 12.0 Å². The predicted molar refractivity (Wildman–Crippen MR) is 201 cm³/mol. The van der Waals surface area contributed by atoms with Crippen molar-refractivity contribution >= 4 is 58.0 Å². The topological polar surface area (TPSA) is 82.1 Å². The van der Waals surface area contributed by atoms with Crippen molar-refractivity contribution in [3.63, 3.8) is 0 Å². The third-order valence-electron chi connectivity index (χ3n) is 6.98. The van der Waals surface area contributed by atoms with Gasteiger partial charge in [-0.3, -0.25) is 0 Å². The van der Waals surface area contributed by atoms with Crippen LogP contribution in [0.2, 0.25) is 0 Å². The molecular formula is C38H35NO6S4. The van der Waals surface area contributed by atoms with E-state index in [1.165, 1.54) is 52.1 Å². The molecule has 0 atom stereocenters. The second kappa shape index (κ2) is 16.9. The lowest BCUT2D eigenvalue weighted by atomic mass is 10.2. The Bertz CT molecular complexity index is 2000. The van der Waals surface area contributed by atoms with Gasteiger partial charge in [-0.1, -0.05) is 71.3 Å². The van der Waals surface area contributed by atoms with Crippen LogP contribution in [0.1, 0.15) is 27.8 Å². The molecule has 7 nitrogen and oxygen atoms in total. The molecule has 0 radical (unpaired) electrons. The molecule has 11 heteroatoms. The highest BCUT2D eigenvalue weighted by atomic mass is 32.2. The van der Waals surface area contributed by atoms with Crippen molar-refractivity contribution in [3.8, 4) is 17.2 Å². The number of thioether (sulfide) groups is 1. The Morgan fingerprint density at radius 3 is 1.96 bits per heavy atom. The predicted octanol–water partition coefficient (Wildman–Crippen LogP) is 10.5. The highest BCUT2D eigenvalue weighted by molar-refractivity contribution is 8.01. The molecule has 0 unspecified atom stereocenters. The largest absolute Gasteiger partial charge is 0.425 e. The lowest BCUT2D eigenvalue weighted by Crippen LogP contribution is -2.24. The molecule has 0 fully saturated rings. The molecule has 5 aromatic carbocycles. The van der Waals surface area contributed by atoms with E-state index in [1.54, 1.807) is 43.1 Å². The van der Waals surface area contributed by atoms with Gasteiger partial charge in [0.15, 0.2) is 11.5 Å². The molecule has 0 heterocycles.